The van der Waals surface area contributed by atoms with Crippen molar-refractivity contribution in [1.29, 1.82) is 0 Å². The Bertz CT molecular complexity index is 1540. The molecule has 38 heavy (non-hydrogen) atoms. The summed E-state index contributed by atoms with van der Waals surface area (Å²) in [4.78, 5) is 65.5. The van der Waals surface area contributed by atoms with Crippen LogP contribution >= 0.6 is 7.60 Å². The van der Waals surface area contributed by atoms with Gasteiger partial charge in [-0.3, -0.25) is 33.3 Å². The van der Waals surface area contributed by atoms with Crippen molar-refractivity contribution < 1.29 is 28.6 Å². The zero-order chi connectivity index (χ0) is 27.8. The first-order valence-electron chi connectivity index (χ1n) is 11.5. The molecule has 0 bridgehead atoms. The Balaban J connectivity index is 1.51. The molecular formula is C20H26N7O10P. The molecule has 2 aliphatic rings. The van der Waals surface area contributed by atoms with Gasteiger partial charge in [0.2, 0.25) is 0 Å². The standard InChI is InChI=1S/C20H26N7O10P/c1-9-5-26(19(31)22-17(9)29)15-3-11(24-25-21)14(36-15)8-38(33,34)37-12-4-16(35-13(12)7-28)27-6-10(2)18(30)23-20(27)32/h5-6,11-16,28H,3-4,7-8H2,1-2H3,(H,33,34)(H,22,29,31)(H,23,30,32)/t11-,12-,13+,14+,15+,16+/m0/s1. The zero-order valence-electron chi connectivity index (χ0n) is 20.3. The molecule has 0 radical (unpaired) electrons. The minimum Gasteiger partial charge on any atom is -0.394 e. The Morgan fingerprint density at radius 1 is 1.05 bits per heavy atom. The van der Waals surface area contributed by atoms with Gasteiger partial charge in [-0.05, 0) is 19.4 Å². The second-order valence-corrected chi connectivity index (χ2v) is 11.0. The number of hydrogen-bond acceptors (Lipinski definition) is 10. The third kappa shape index (κ3) is 5.73. The Morgan fingerprint density at radius 3 is 2.11 bits per heavy atom. The highest BCUT2D eigenvalue weighted by Crippen LogP contribution is 2.50. The maximum absolute atomic E-state index is 13.1. The Kier molecular flexibility index (Phi) is 7.90. The van der Waals surface area contributed by atoms with Gasteiger partial charge < -0.3 is 24.0 Å². The summed E-state index contributed by atoms with van der Waals surface area (Å²) in [6.45, 7) is 2.38. The topological polar surface area (TPSA) is 244 Å². The van der Waals surface area contributed by atoms with E-state index in [1.54, 1.807) is 0 Å². The van der Waals surface area contributed by atoms with Crippen LogP contribution in [0.4, 0.5) is 0 Å². The molecule has 2 aliphatic heterocycles. The molecule has 2 fully saturated rings. The first kappa shape index (κ1) is 27.7. The molecule has 2 saturated heterocycles. The monoisotopic (exact) mass is 555 g/mol. The number of aromatic nitrogens is 4. The zero-order valence-corrected chi connectivity index (χ0v) is 21.2. The van der Waals surface area contributed by atoms with Crippen LogP contribution in [0.25, 0.3) is 10.4 Å². The number of azide groups is 1. The number of aliphatic hydroxyl groups is 1. The van der Waals surface area contributed by atoms with Crippen LogP contribution in [0.2, 0.25) is 0 Å². The third-order valence-electron chi connectivity index (χ3n) is 6.39. The van der Waals surface area contributed by atoms with Gasteiger partial charge in [0.1, 0.15) is 18.6 Å². The number of H-pyrrole nitrogens is 2. The highest BCUT2D eigenvalue weighted by atomic mass is 31.2. The molecule has 4 heterocycles. The van der Waals surface area contributed by atoms with E-state index in [4.69, 9.17) is 19.5 Å². The summed E-state index contributed by atoms with van der Waals surface area (Å²) in [6.07, 6.45) is -3.45. The van der Waals surface area contributed by atoms with Crippen LogP contribution in [-0.2, 0) is 18.6 Å². The lowest BCUT2D eigenvalue weighted by atomic mass is 10.1. The van der Waals surface area contributed by atoms with Crippen molar-refractivity contribution in [2.45, 2.75) is 63.5 Å². The molecule has 206 valence electrons. The third-order valence-corrected chi connectivity index (χ3v) is 7.81. The van der Waals surface area contributed by atoms with E-state index >= 15 is 0 Å². The molecule has 7 atom stereocenters. The molecule has 4 N–H and O–H groups in total. The molecule has 0 amide bonds. The number of ether oxygens (including phenoxy) is 2. The normalized spacial score (nSPS) is 28.6. The number of aryl methyl sites for hydroxylation is 2. The average Bonchev–Trinajstić information content (AvgIpc) is 3.41. The Labute approximate surface area is 212 Å². The summed E-state index contributed by atoms with van der Waals surface area (Å²) in [5.41, 5.74) is 6.76. The van der Waals surface area contributed by atoms with Crippen LogP contribution in [0.3, 0.4) is 0 Å². The fraction of sp³-hybridized carbons (Fsp3) is 0.600. The summed E-state index contributed by atoms with van der Waals surface area (Å²) in [5, 5.41) is 13.4. The predicted molar refractivity (Wildman–Crippen MR) is 129 cm³/mol. The van der Waals surface area contributed by atoms with Gasteiger partial charge in [-0.15, -0.1) is 0 Å². The number of aromatic amines is 2. The number of nitrogens with one attached hydrogen (secondary N) is 2. The first-order valence-corrected chi connectivity index (χ1v) is 13.3. The van der Waals surface area contributed by atoms with Gasteiger partial charge in [0.15, 0.2) is 0 Å². The van der Waals surface area contributed by atoms with E-state index in [0.717, 1.165) is 9.13 Å². The van der Waals surface area contributed by atoms with Crippen molar-refractivity contribution in [1.82, 2.24) is 19.1 Å². The van der Waals surface area contributed by atoms with E-state index in [2.05, 4.69) is 20.0 Å². The first-order chi connectivity index (χ1) is 17.9. The quantitative estimate of drug-likeness (QED) is 0.141. The van der Waals surface area contributed by atoms with Crippen molar-refractivity contribution in [3.63, 3.8) is 0 Å². The largest absolute Gasteiger partial charge is 0.394 e. The fourth-order valence-corrected chi connectivity index (χ4v) is 5.98. The van der Waals surface area contributed by atoms with Gasteiger partial charge in [0.05, 0.1) is 31.0 Å². The van der Waals surface area contributed by atoms with Gasteiger partial charge in [-0.25, -0.2) is 9.59 Å². The van der Waals surface area contributed by atoms with Crippen molar-refractivity contribution in [2.75, 3.05) is 12.8 Å². The lowest BCUT2D eigenvalue weighted by Crippen LogP contribution is -2.33. The summed E-state index contributed by atoms with van der Waals surface area (Å²) in [6, 6.07) is -0.933. The lowest BCUT2D eigenvalue weighted by molar-refractivity contribution is -0.0439. The van der Waals surface area contributed by atoms with Crippen LogP contribution in [0.5, 0.6) is 0 Å². The van der Waals surface area contributed by atoms with Crippen molar-refractivity contribution in [2.24, 2.45) is 5.11 Å². The van der Waals surface area contributed by atoms with E-state index in [9.17, 15) is 33.7 Å². The molecule has 0 aliphatic carbocycles. The van der Waals surface area contributed by atoms with Gasteiger partial charge in [-0.1, -0.05) is 5.11 Å². The van der Waals surface area contributed by atoms with Crippen LogP contribution in [0.1, 0.15) is 36.4 Å². The van der Waals surface area contributed by atoms with E-state index in [-0.39, 0.29) is 24.0 Å². The number of rotatable bonds is 8. The molecule has 2 aromatic rings. The van der Waals surface area contributed by atoms with Crippen LogP contribution < -0.4 is 22.5 Å². The molecule has 0 saturated carbocycles. The van der Waals surface area contributed by atoms with Crippen LogP contribution in [-0.4, -0.2) is 66.2 Å². The molecule has 17 nitrogen and oxygen atoms in total. The van der Waals surface area contributed by atoms with Gasteiger partial charge in [-0.2, -0.15) is 0 Å². The predicted octanol–water partition coefficient (Wildman–Crippen LogP) is -0.480. The SMILES string of the molecule is Cc1cn([C@H]2C[C@H](N=[N+]=[N-])[C@@H](CP(=O)(O)O[C@H]3C[C@H](n4cc(C)c(=O)[nH]c4=O)O[C@@H]3CO)O2)c(=O)[nH]c1=O. The minimum atomic E-state index is -4.49. The van der Waals surface area contributed by atoms with Crippen molar-refractivity contribution >= 4 is 7.60 Å². The Morgan fingerprint density at radius 2 is 1.58 bits per heavy atom. The maximum atomic E-state index is 13.1. The second-order valence-electron chi connectivity index (χ2n) is 9.11. The van der Waals surface area contributed by atoms with Crippen molar-refractivity contribution in [3.8, 4) is 0 Å². The summed E-state index contributed by atoms with van der Waals surface area (Å²) in [7, 11) is -4.49. The van der Waals surface area contributed by atoms with E-state index in [1.165, 1.54) is 26.2 Å². The molecule has 0 spiro atoms. The molecular weight excluding hydrogens is 529 g/mol. The molecule has 18 heteroatoms. The van der Waals surface area contributed by atoms with E-state index in [1.807, 2.05) is 0 Å². The Hall–Kier alpha value is -3.30. The molecule has 1 unspecified atom stereocenters. The average molecular weight is 555 g/mol. The molecule has 0 aromatic carbocycles. The highest BCUT2D eigenvalue weighted by molar-refractivity contribution is 7.52. The summed E-state index contributed by atoms with van der Waals surface area (Å²) in [5.74, 6) is 0. The second kappa shape index (κ2) is 10.8. The highest BCUT2D eigenvalue weighted by Gasteiger charge is 2.45. The van der Waals surface area contributed by atoms with Crippen LogP contribution in [0, 0.1) is 13.8 Å². The van der Waals surface area contributed by atoms with Crippen LogP contribution in [0.15, 0.2) is 36.7 Å². The lowest BCUT2D eigenvalue weighted by Gasteiger charge is -2.23. The van der Waals surface area contributed by atoms with Crippen molar-refractivity contribution in [3.05, 3.63) is 75.6 Å². The van der Waals surface area contributed by atoms with Gasteiger partial charge in [0.25, 0.3) is 11.1 Å². The number of nitrogens with zero attached hydrogens (tertiary/aromatic N) is 5. The fourth-order valence-electron chi connectivity index (χ4n) is 4.47. The molecule has 4 rings (SSSR count). The van der Waals surface area contributed by atoms with E-state index in [0.29, 0.717) is 0 Å². The smallest absolute Gasteiger partial charge is 0.331 e. The molecule has 2 aromatic heterocycles. The number of hydrogen-bond donors (Lipinski definition) is 4. The summed E-state index contributed by atoms with van der Waals surface area (Å²) < 4.78 is 32.2. The minimum absolute atomic E-state index is 0.0114. The maximum Gasteiger partial charge on any atom is 0.331 e. The van der Waals surface area contributed by atoms with Gasteiger partial charge in [0, 0.05) is 41.3 Å². The number of aliphatic hydroxyl groups excluding tert-OH is 1. The van der Waals surface area contributed by atoms with E-state index < -0.39 is 79.7 Å². The van der Waals surface area contributed by atoms with Gasteiger partial charge >= 0.3 is 19.0 Å². The summed E-state index contributed by atoms with van der Waals surface area (Å²) >= 11 is 0.